The van der Waals surface area contributed by atoms with Crippen molar-refractivity contribution in [2.45, 2.75) is 44.6 Å². The van der Waals surface area contributed by atoms with Crippen molar-refractivity contribution in [3.8, 4) is 0 Å². The van der Waals surface area contributed by atoms with Crippen molar-refractivity contribution in [3.05, 3.63) is 28.8 Å². The molecule has 2 nitrogen and oxygen atoms in total. The number of hydrogen-bond acceptors (Lipinski definition) is 3. The van der Waals surface area contributed by atoms with Crippen LogP contribution in [0.4, 0.5) is 0 Å². The predicted molar refractivity (Wildman–Crippen MR) is 71.5 cm³/mol. The Morgan fingerprint density at radius 1 is 1.29 bits per heavy atom. The first-order valence-electron chi connectivity index (χ1n) is 6.02. The Bertz CT molecular complexity index is 572. The van der Waals surface area contributed by atoms with Gasteiger partial charge in [0.05, 0.1) is 20.8 Å². The Labute approximate surface area is 105 Å². The van der Waals surface area contributed by atoms with Gasteiger partial charge < -0.3 is 5.11 Å². The second-order valence-corrected chi connectivity index (χ2v) is 7.01. The van der Waals surface area contributed by atoms with Gasteiger partial charge in [0, 0.05) is 5.41 Å². The maximum absolute atomic E-state index is 10.1. The van der Waals surface area contributed by atoms with Crippen LogP contribution in [-0.4, -0.2) is 10.1 Å². The van der Waals surface area contributed by atoms with Gasteiger partial charge in [-0.25, -0.2) is 4.98 Å². The van der Waals surface area contributed by atoms with Gasteiger partial charge in [-0.2, -0.15) is 0 Å². The molecule has 1 aliphatic carbocycles. The molecule has 1 N–H and O–H groups in total. The van der Waals surface area contributed by atoms with Crippen LogP contribution >= 0.6 is 11.3 Å². The lowest BCUT2D eigenvalue weighted by atomic mass is 9.98. The third-order valence-corrected chi connectivity index (χ3v) is 4.75. The normalized spacial score (nSPS) is 18.6. The molecular formula is C14H17NOS. The van der Waals surface area contributed by atoms with E-state index in [0.717, 1.165) is 28.9 Å². The highest BCUT2D eigenvalue weighted by Gasteiger charge is 2.42. The lowest BCUT2D eigenvalue weighted by molar-refractivity contribution is 0.151. The third kappa shape index (κ3) is 1.87. The summed E-state index contributed by atoms with van der Waals surface area (Å²) in [6, 6.07) is 6.18. The zero-order valence-corrected chi connectivity index (χ0v) is 11.3. The fourth-order valence-electron chi connectivity index (χ4n) is 1.94. The molecule has 2 aromatic rings. The van der Waals surface area contributed by atoms with Crippen LogP contribution in [0.2, 0.25) is 0 Å². The topological polar surface area (TPSA) is 33.1 Å². The molecule has 3 rings (SSSR count). The van der Waals surface area contributed by atoms with Crippen molar-refractivity contribution in [2.75, 3.05) is 0 Å². The molecule has 0 atom stereocenters. The van der Waals surface area contributed by atoms with Crippen LogP contribution in [0.25, 0.3) is 10.2 Å². The molecule has 0 saturated heterocycles. The lowest BCUT2D eigenvalue weighted by Crippen LogP contribution is -2.09. The maximum atomic E-state index is 10.1. The molecule has 1 fully saturated rings. The van der Waals surface area contributed by atoms with Gasteiger partial charge in [0.2, 0.25) is 0 Å². The second-order valence-electron chi connectivity index (χ2n) is 5.98. The number of nitrogens with zero attached hydrogens (tertiary/aromatic N) is 1. The average Bonchev–Trinajstić information content (AvgIpc) is 2.85. The molecule has 1 heterocycles. The van der Waals surface area contributed by atoms with Crippen molar-refractivity contribution in [3.63, 3.8) is 0 Å². The van der Waals surface area contributed by atoms with E-state index in [-0.39, 0.29) is 5.41 Å². The molecule has 1 aliphatic rings. The van der Waals surface area contributed by atoms with E-state index in [2.05, 4.69) is 26.8 Å². The number of thiazole rings is 1. The molecule has 1 saturated carbocycles. The molecule has 0 spiro atoms. The molecule has 0 radical (unpaired) electrons. The summed E-state index contributed by atoms with van der Waals surface area (Å²) in [7, 11) is 0. The fourth-order valence-corrected chi connectivity index (χ4v) is 2.95. The highest BCUT2D eigenvalue weighted by atomic mass is 32.1. The molecule has 3 heteroatoms. The smallest absolute Gasteiger partial charge is 0.0992 e. The summed E-state index contributed by atoms with van der Waals surface area (Å²) in [5.41, 5.74) is 1.59. The molecule has 0 unspecified atom stereocenters. The predicted octanol–water partition coefficient (Wildman–Crippen LogP) is 3.58. The molecule has 0 bridgehead atoms. The van der Waals surface area contributed by atoms with Crippen molar-refractivity contribution in [2.24, 2.45) is 0 Å². The quantitative estimate of drug-likeness (QED) is 0.835. The molecular weight excluding hydrogens is 230 g/mol. The lowest BCUT2D eigenvalue weighted by Gasteiger charge is -2.13. The Morgan fingerprint density at radius 3 is 2.59 bits per heavy atom. The summed E-state index contributed by atoms with van der Waals surface area (Å²) in [6.45, 7) is 6.54. The van der Waals surface area contributed by atoms with Gasteiger partial charge in [0.25, 0.3) is 0 Å². The number of aromatic nitrogens is 1. The fraction of sp³-hybridized carbons (Fsp3) is 0.500. The first-order chi connectivity index (χ1) is 7.88. The van der Waals surface area contributed by atoms with E-state index in [1.807, 2.05) is 12.1 Å². The molecule has 0 aliphatic heterocycles. The number of fused-ring (bicyclic) bond motifs is 1. The number of aliphatic hydroxyl groups is 1. The molecule has 90 valence electrons. The van der Waals surface area contributed by atoms with Gasteiger partial charge in [-0.05, 0) is 30.5 Å². The largest absolute Gasteiger partial charge is 0.385 e. The van der Waals surface area contributed by atoms with E-state index in [1.165, 1.54) is 4.70 Å². The zero-order valence-electron chi connectivity index (χ0n) is 10.4. The molecule has 1 aromatic heterocycles. The highest BCUT2D eigenvalue weighted by Crippen LogP contribution is 2.46. The molecule has 1 aromatic carbocycles. The van der Waals surface area contributed by atoms with Crippen molar-refractivity contribution in [1.82, 2.24) is 4.98 Å². The number of benzene rings is 1. The van der Waals surface area contributed by atoms with Gasteiger partial charge in [0.1, 0.15) is 0 Å². The van der Waals surface area contributed by atoms with Crippen LogP contribution in [0, 0.1) is 0 Å². The SMILES string of the molecule is CC(C)(C)c1nc2cc(C3(O)CC3)ccc2s1. The standard InChI is InChI=1S/C14H17NOS/c1-13(2,3)12-15-10-8-9(14(16)6-7-14)4-5-11(10)17-12/h4-5,8,16H,6-7H2,1-3H3. The minimum Gasteiger partial charge on any atom is -0.385 e. The summed E-state index contributed by atoms with van der Waals surface area (Å²) in [6.07, 6.45) is 1.77. The van der Waals surface area contributed by atoms with Crippen LogP contribution in [0.5, 0.6) is 0 Å². The average molecular weight is 247 g/mol. The first-order valence-corrected chi connectivity index (χ1v) is 6.84. The summed E-state index contributed by atoms with van der Waals surface area (Å²) < 4.78 is 1.21. The summed E-state index contributed by atoms with van der Waals surface area (Å²) in [5, 5.41) is 11.3. The minimum atomic E-state index is -0.556. The summed E-state index contributed by atoms with van der Waals surface area (Å²) in [4.78, 5) is 4.69. The summed E-state index contributed by atoms with van der Waals surface area (Å²) >= 11 is 1.75. The van der Waals surface area contributed by atoms with Crippen molar-refractivity contribution >= 4 is 21.6 Å². The third-order valence-electron chi connectivity index (χ3n) is 3.29. The van der Waals surface area contributed by atoms with E-state index < -0.39 is 5.60 Å². The molecule has 17 heavy (non-hydrogen) atoms. The molecule has 0 amide bonds. The number of hydrogen-bond donors (Lipinski definition) is 1. The van der Waals surface area contributed by atoms with E-state index in [9.17, 15) is 5.11 Å². The Kier molecular flexibility index (Phi) is 2.17. The zero-order chi connectivity index (χ0) is 12.3. The van der Waals surface area contributed by atoms with Crippen LogP contribution in [0.15, 0.2) is 18.2 Å². The van der Waals surface area contributed by atoms with Gasteiger partial charge in [0.15, 0.2) is 0 Å². The minimum absolute atomic E-state index is 0.0976. The Balaban J connectivity index is 2.11. The highest BCUT2D eigenvalue weighted by molar-refractivity contribution is 7.18. The van der Waals surface area contributed by atoms with E-state index >= 15 is 0 Å². The van der Waals surface area contributed by atoms with Crippen molar-refractivity contribution < 1.29 is 5.11 Å². The first kappa shape index (κ1) is 11.2. The summed E-state index contributed by atoms with van der Waals surface area (Å²) in [5.74, 6) is 0. The second kappa shape index (κ2) is 3.30. The van der Waals surface area contributed by atoms with Crippen molar-refractivity contribution in [1.29, 1.82) is 0 Å². The van der Waals surface area contributed by atoms with Crippen LogP contribution in [0.3, 0.4) is 0 Å². The maximum Gasteiger partial charge on any atom is 0.0992 e. The Morgan fingerprint density at radius 2 is 2.00 bits per heavy atom. The van der Waals surface area contributed by atoms with Crippen LogP contribution < -0.4 is 0 Å². The Hall–Kier alpha value is -0.930. The van der Waals surface area contributed by atoms with Gasteiger partial charge >= 0.3 is 0 Å². The van der Waals surface area contributed by atoms with E-state index in [0.29, 0.717) is 0 Å². The monoisotopic (exact) mass is 247 g/mol. The van der Waals surface area contributed by atoms with Gasteiger partial charge in [-0.3, -0.25) is 0 Å². The van der Waals surface area contributed by atoms with Gasteiger partial charge in [-0.1, -0.05) is 26.8 Å². The van der Waals surface area contributed by atoms with Crippen LogP contribution in [-0.2, 0) is 11.0 Å². The van der Waals surface area contributed by atoms with E-state index in [4.69, 9.17) is 4.98 Å². The van der Waals surface area contributed by atoms with Gasteiger partial charge in [-0.15, -0.1) is 11.3 Å². The van der Waals surface area contributed by atoms with E-state index in [1.54, 1.807) is 11.3 Å². The van der Waals surface area contributed by atoms with Crippen LogP contribution in [0.1, 0.15) is 44.2 Å². The number of rotatable bonds is 1.